The fraction of sp³-hybridized carbons (Fsp3) is 0.360. The van der Waals surface area contributed by atoms with Crippen molar-refractivity contribution < 1.29 is 9.53 Å². The Morgan fingerprint density at radius 3 is 2.81 bits per heavy atom. The zero-order valence-corrected chi connectivity index (χ0v) is 19.9. The summed E-state index contributed by atoms with van der Waals surface area (Å²) in [4.78, 5) is 22.3. The lowest BCUT2D eigenvalue weighted by Crippen LogP contribution is -2.48. The van der Waals surface area contributed by atoms with Crippen LogP contribution in [-0.2, 0) is 18.7 Å². The van der Waals surface area contributed by atoms with Crippen molar-refractivity contribution in [3.05, 3.63) is 75.8 Å². The first-order valence-corrected chi connectivity index (χ1v) is 12.9. The number of thiazole rings is 1. The molecule has 7 heteroatoms. The molecule has 1 saturated heterocycles. The van der Waals surface area contributed by atoms with Gasteiger partial charge in [-0.25, -0.2) is 4.98 Å². The van der Waals surface area contributed by atoms with Gasteiger partial charge in [0.15, 0.2) is 0 Å². The monoisotopic (exact) mass is 465 g/mol. The van der Waals surface area contributed by atoms with Gasteiger partial charge in [-0.05, 0) is 35.7 Å². The smallest absolute Gasteiger partial charge is 0.254 e. The van der Waals surface area contributed by atoms with E-state index < -0.39 is 0 Å². The number of fused-ring (bicyclic) bond motifs is 1. The van der Waals surface area contributed by atoms with Gasteiger partial charge >= 0.3 is 0 Å². The number of rotatable bonds is 6. The third kappa shape index (κ3) is 4.85. The maximum atomic E-state index is 13.3. The fourth-order valence-corrected chi connectivity index (χ4v) is 6.12. The number of carbonyl (C=O) groups excluding carboxylic acids is 1. The Kier molecular flexibility index (Phi) is 6.48. The van der Waals surface area contributed by atoms with Crippen LogP contribution in [0.25, 0.3) is 0 Å². The third-order valence-corrected chi connectivity index (χ3v) is 8.20. The molecule has 0 bridgehead atoms. The number of thioether (sulfide) groups is 1. The maximum absolute atomic E-state index is 13.3. The number of ether oxygens (including phenoxy) is 1. The number of nitrogens with zero attached hydrogens (tertiary/aromatic N) is 3. The van der Waals surface area contributed by atoms with Gasteiger partial charge in [-0.15, -0.1) is 11.3 Å². The van der Waals surface area contributed by atoms with Gasteiger partial charge in [0.2, 0.25) is 0 Å². The van der Waals surface area contributed by atoms with Crippen LogP contribution in [-0.4, -0.2) is 53.5 Å². The van der Waals surface area contributed by atoms with Crippen LogP contribution in [0.2, 0.25) is 0 Å². The number of aryl methyl sites for hydroxylation is 1. The molecule has 0 radical (unpaired) electrons. The molecule has 5 rings (SSSR count). The molecule has 0 aliphatic carbocycles. The lowest BCUT2D eigenvalue weighted by atomic mass is 10.1. The van der Waals surface area contributed by atoms with Crippen molar-refractivity contribution in [2.45, 2.75) is 30.0 Å². The molecule has 1 fully saturated rings. The molecule has 1 amide bonds. The van der Waals surface area contributed by atoms with Gasteiger partial charge in [-0.3, -0.25) is 9.69 Å². The lowest BCUT2D eigenvalue weighted by molar-refractivity contribution is 0.0627. The summed E-state index contributed by atoms with van der Waals surface area (Å²) in [6.07, 6.45) is 1.01. The van der Waals surface area contributed by atoms with Crippen LogP contribution < -0.4 is 4.74 Å². The van der Waals surface area contributed by atoms with Crippen LogP contribution in [0.5, 0.6) is 5.75 Å². The van der Waals surface area contributed by atoms with Gasteiger partial charge in [0.1, 0.15) is 10.1 Å². The number of hydrogen-bond donors (Lipinski definition) is 0. The first kappa shape index (κ1) is 21.5. The van der Waals surface area contributed by atoms with E-state index in [4.69, 9.17) is 4.74 Å². The molecule has 3 heterocycles. The van der Waals surface area contributed by atoms with Gasteiger partial charge in [0.05, 0.1) is 6.61 Å². The molecule has 2 aliphatic rings. The Bertz CT molecular complexity index is 1110. The summed E-state index contributed by atoms with van der Waals surface area (Å²) in [5.74, 6) is 1.94. The highest BCUT2D eigenvalue weighted by Crippen LogP contribution is 2.28. The molecule has 32 heavy (non-hydrogen) atoms. The summed E-state index contributed by atoms with van der Waals surface area (Å²) < 4.78 is 6.67. The highest BCUT2D eigenvalue weighted by atomic mass is 32.2. The molecular weight excluding hydrogens is 438 g/mol. The molecular formula is C25H27N3O2S2. The molecule has 0 spiro atoms. The minimum Gasteiger partial charge on any atom is -0.493 e. The Morgan fingerprint density at radius 2 is 2.00 bits per heavy atom. The zero-order chi connectivity index (χ0) is 21.9. The number of amides is 1. The van der Waals surface area contributed by atoms with Crippen molar-refractivity contribution in [1.82, 2.24) is 14.8 Å². The molecule has 3 aromatic rings. The van der Waals surface area contributed by atoms with Gasteiger partial charge in [0.25, 0.3) is 5.91 Å². The van der Waals surface area contributed by atoms with E-state index in [0.717, 1.165) is 78.4 Å². The average Bonchev–Trinajstić information content (AvgIpc) is 3.46. The number of hydrogen-bond acceptors (Lipinski definition) is 6. The van der Waals surface area contributed by atoms with Crippen molar-refractivity contribution in [2.24, 2.45) is 0 Å². The lowest BCUT2D eigenvalue weighted by Gasteiger charge is -2.35. The Labute approximate surface area is 197 Å². The number of aromatic nitrogens is 1. The Hall–Kier alpha value is -2.35. The third-order valence-electron chi connectivity index (χ3n) is 6.02. The Balaban J connectivity index is 1.18. The molecule has 0 N–H and O–H groups in total. The van der Waals surface area contributed by atoms with Crippen molar-refractivity contribution in [3.8, 4) is 5.75 Å². The van der Waals surface area contributed by atoms with Crippen LogP contribution in [0.1, 0.15) is 32.7 Å². The van der Waals surface area contributed by atoms with Crippen molar-refractivity contribution in [3.63, 3.8) is 0 Å². The topological polar surface area (TPSA) is 45.7 Å². The minimum absolute atomic E-state index is 0.144. The van der Waals surface area contributed by atoms with E-state index in [2.05, 4.69) is 39.5 Å². The SMILES string of the molecule is Cc1csc(SCc2ccccc2C(=O)N2CCN(Cc3ccc4c(c3)CCO4)CC2)n1. The summed E-state index contributed by atoms with van der Waals surface area (Å²) in [6.45, 7) is 7.05. The highest BCUT2D eigenvalue weighted by Gasteiger charge is 2.24. The summed E-state index contributed by atoms with van der Waals surface area (Å²) >= 11 is 3.36. The van der Waals surface area contributed by atoms with E-state index in [1.807, 2.05) is 30.0 Å². The maximum Gasteiger partial charge on any atom is 0.254 e. The standard InChI is InChI=1S/C25H27N3O2S2/c1-18-16-31-25(26-18)32-17-21-4-2-3-5-22(21)24(29)28-11-9-27(10-12-28)15-19-6-7-23-20(14-19)8-13-30-23/h2-7,14,16H,8-13,15,17H2,1H3. The highest BCUT2D eigenvalue weighted by molar-refractivity contribution is 8.00. The van der Waals surface area contributed by atoms with E-state index in [9.17, 15) is 4.79 Å². The van der Waals surface area contributed by atoms with E-state index in [0.29, 0.717) is 0 Å². The number of carbonyl (C=O) groups is 1. The van der Waals surface area contributed by atoms with Gasteiger partial charge in [0, 0.05) is 61.5 Å². The van der Waals surface area contributed by atoms with E-state index >= 15 is 0 Å². The summed E-state index contributed by atoms with van der Waals surface area (Å²) in [7, 11) is 0. The molecule has 166 valence electrons. The second-order valence-corrected chi connectivity index (χ2v) is 10.4. The van der Waals surface area contributed by atoms with Crippen molar-refractivity contribution in [2.75, 3.05) is 32.8 Å². The van der Waals surface area contributed by atoms with Crippen LogP contribution in [0.3, 0.4) is 0 Å². The largest absolute Gasteiger partial charge is 0.493 e. The molecule has 5 nitrogen and oxygen atoms in total. The molecule has 2 aromatic carbocycles. The first-order valence-electron chi connectivity index (χ1n) is 11.0. The predicted molar refractivity (Wildman–Crippen MR) is 130 cm³/mol. The number of benzene rings is 2. The van der Waals surface area contributed by atoms with Gasteiger partial charge < -0.3 is 9.64 Å². The molecule has 0 atom stereocenters. The number of piperazine rings is 1. The molecule has 0 saturated carbocycles. The van der Waals surface area contributed by atoms with Crippen LogP contribution in [0.15, 0.2) is 52.2 Å². The molecule has 1 aromatic heterocycles. The normalized spacial score (nSPS) is 16.1. The second-order valence-electron chi connectivity index (χ2n) is 8.31. The van der Waals surface area contributed by atoms with E-state index in [1.54, 1.807) is 23.1 Å². The quantitative estimate of drug-likeness (QED) is 0.497. The minimum atomic E-state index is 0.144. The summed E-state index contributed by atoms with van der Waals surface area (Å²) in [6, 6.07) is 14.5. The summed E-state index contributed by atoms with van der Waals surface area (Å²) in [5.41, 5.74) is 5.60. The zero-order valence-electron chi connectivity index (χ0n) is 18.3. The van der Waals surface area contributed by atoms with E-state index in [-0.39, 0.29) is 5.91 Å². The second kappa shape index (κ2) is 9.65. The fourth-order valence-electron chi connectivity index (χ4n) is 4.27. The Morgan fingerprint density at radius 1 is 1.16 bits per heavy atom. The summed E-state index contributed by atoms with van der Waals surface area (Å²) in [5, 5.41) is 2.06. The van der Waals surface area contributed by atoms with Gasteiger partial charge in [-0.2, -0.15) is 0 Å². The van der Waals surface area contributed by atoms with Crippen LogP contribution in [0.4, 0.5) is 0 Å². The van der Waals surface area contributed by atoms with Crippen molar-refractivity contribution in [1.29, 1.82) is 0 Å². The molecule has 2 aliphatic heterocycles. The van der Waals surface area contributed by atoms with Crippen molar-refractivity contribution >= 4 is 29.0 Å². The average molecular weight is 466 g/mol. The van der Waals surface area contributed by atoms with E-state index in [1.165, 1.54) is 11.1 Å². The van der Waals surface area contributed by atoms with Crippen LogP contribution >= 0.6 is 23.1 Å². The predicted octanol–water partition coefficient (Wildman–Crippen LogP) is 4.64. The van der Waals surface area contributed by atoms with Gasteiger partial charge in [-0.1, -0.05) is 42.1 Å². The molecule has 0 unspecified atom stereocenters. The van der Waals surface area contributed by atoms with Crippen LogP contribution in [0, 0.1) is 6.92 Å². The first-order chi connectivity index (χ1) is 15.7.